The molecule has 0 heterocycles. The van der Waals surface area contributed by atoms with Crippen molar-refractivity contribution in [2.24, 2.45) is 5.73 Å². The fourth-order valence-corrected chi connectivity index (χ4v) is 1.93. The third-order valence-electron chi connectivity index (χ3n) is 3.11. The Hall–Kier alpha value is -3.35. The van der Waals surface area contributed by atoms with Crippen molar-refractivity contribution in [2.45, 2.75) is 6.42 Å². The number of hydrogen-bond donors (Lipinski definition) is 3. The molecule has 0 saturated heterocycles. The monoisotopic (exact) mass is 327 g/mol. The van der Waals surface area contributed by atoms with E-state index in [9.17, 15) is 9.59 Å². The molecule has 2 aromatic carbocycles. The molecule has 0 fully saturated rings. The normalized spacial score (nSPS) is 9.88. The van der Waals surface area contributed by atoms with Gasteiger partial charge in [-0.1, -0.05) is 12.1 Å². The van der Waals surface area contributed by atoms with Gasteiger partial charge >= 0.3 is 11.9 Å². The molecule has 124 valence electrons. The Morgan fingerprint density at radius 2 is 1.71 bits per heavy atom. The molecule has 0 atom stereocenters. The molecule has 2 aromatic rings. The summed E-state index contributed by atoms with van der Waals surface area (Å²) in [5, 5.41) is 9.75. The highest BCUT2D eigenvalue weighted by Gasteiger charge is 2.09. The van der Waals surface area contributed by atoms with E-state index in [1.165, 1.54) is 7.11 Å². The van der Waals surface area contributed by atoms with Gasteiger partial charge in [0.2, 0.25) is 0 Å². The van der Waals surface area contributed by atoms with Crippen LogP contribution in [0.2, 0.25) is 0 Å². The van der Waals surface area contributed by atoms with Crippen molar-refractivity contribution in [1.82, 2.24) is 0 Å². The molecule has 4 N–H and O–H groups in total. The van der Waals surface area contributed by atoms with E-state index >= 15 is 0 Å². The van der Waals surface area contributed by atoms with Crippen molar-refractivity contribution >= 4 is 23.6 Å². The second-order valence-electron chi connectivity index (χ2n) is 4.90. The summed E-state index contributed by atoms with van der Waals surface area (Å²) in [6, 6.07) is 13.0. The summed E-state index contributed by atoms with van der Waals surface area (Å²) in [6.07, 6.45) is 0.162. The van der Waals surface area contributed by atoms with Gasteiger partial charge in [-0.05, 0) is 42.0 Å². The summed E-state index contributed by atoms with van der Waals surface area (Å²) < 4.78 is 9.86. The maximum atomic E-state index is 12.1. The number of esters is 2. The van der Waals surface area contributed by atoms with E-state index in [0.29, 0.717) is 17.0 Å². The summed E-state index contributed by atoms with van der Waals surface area (Å²) in [5.41, 5.74) is 6.96. The Balaban J connectivity index is 1.98. The first-order valence-corrected chi connectivity index (χ1v) is 7.07. The molecule has 0 aromatic heterocycles. The van der Waals surface area contributed by atoms with Gasteiger partial charge in [-0.2, -0.15) is 0 Å². The third-order valence-corrected chi connectivity index (χ3v) is 3.11. The van der Waals surface area contributed by atoms with Crippen molar-refractivity contribution in [1.29, 1.82) is 5.41 Å². The van der Waals surface area contributed by atoms with Crippen LogP contribution in [0.5, 0.6) is 5.75 Å². The van der Waals surface area contributed by atoms with E-state index < -0.39 is 5.97 Å². The predicted molar refractivity (Wildman–Crippen MR) is 89.1 cm³/mol. The second kappa shape index (κ2) is 7.77. The molecule has 24 heavy (non-hydrogen) atoms. The molecular formula is C17H17N3O4. The number of ether oxygens (including phenoxy) is 2. The Kier molecular flexibility index (Phi) is 5.51. The summed E-state index contributed by atoms with van der Waals surface area (Å²) in [4.78, 5) is 23.3. The van der Waals surface area contributed by atoms with Crippen molar-refractivity contribution in [2.75, 3.05) is 12.4 Å². The topological polar surface area (TPSA) is 114 Å². The minimum atomic E-state index is -0.509. The zero-order valence-corrected chi connectivity index (χ0v) is 13.0. The lowest BCUT2D eigenvalue weighted by Gasteiger charge is -2.07. The van der Waals surface area contributed by atoms with Crippen LogP contribution < -0.4 is 15.8 Å². The SMILES string of the molecule is COC(=O)Cc1ccc(OC(=O)c2ccc(NC(=N)N)cc2)cc1. The Bertz CT molecular complexity index is 739. The first kappa shape index (κ1) is 17.0. The van der Waals surface area contributed by atoms with Crippen LogP contribution in [0.1, 0.15) is 15.9 Å². The van der Waals surface area contributed by atoms with Gasteiger partial charge < -0.3 is 20.5 Å². The van der Waals surface area contributed by atoms with Gasteiger partial charge in [-0.25, -0.2) is 4.79 Å². The van der Waals surface area contributed by atoms with E-state index in [4.69, 9.17) is 15.9 Å². The standard InChI is InChI=1S/C17H17N3O4/c1-23-15(21)10-11-2-8-14(9-3-11)24-16(22)12-4-6-13(7-5-12)20-17(18)19/h2-9H,10H2,1H3,(H4,18,19,20). The van der Waals surface area contributed by atoms with Crippen LogP contribution in [0.25, 0.3) is 0 Å². The van der Waals surface area contributed by atoms with E-state index in [1.807, 2.05) is 0 Å². The van der Waals surface area contributed by atoms with E-state index in [0.717, 1.165) is 5.56 Å². The van der Waals surface area contributed by atoms with Crippen molar-refractivity contribution in [3.05, 3.63) is 59.7 Å². The lowest BCUT2D eigenvalue weighted by molar-refractivity contribution is -0.139. The average Bonchev–Trinajstić information content (AvgIpc) is 2.56. The largest absolute Gasteiger partial charge is 0.469 e. The number of anilines is 1. The van der Waals surface area contributed by atoms with Crippen LogP contribution in [-0.2, 0) is 16.0 Å². The maximum absolute atomic E-state index is 12.1. The maximum Gasteiger partial charge on any atom is 0.343 e. The van der Waals surface area contributed by atoms with E-state index in [2.05, 4.69) is 10.1 Å². The fraction of sp³-hybridized carbons (Fsp3) is 0.118. The van der Waals surface area contributed by atoms with Gasteiger partial charge in [0.25, 0.3) is 0 Å². The molecular weight excluding hydrogens is 310 g/mol. The zero-order chi connectivity index (χ0) is 17.5. The molecule has 7 nitrogen and oxygen atoms in total. The molecule has 7 heteroatoms. The molecule has 0 aliphatic heterocycles. The van der Waals surface area contributed by atoms with Gasteiger partial charge in [-0.3, -0.25) is 10.2 Å². The summed E-state index contributed by atoms with van der Waals surface area (Å²) >= 11 is 0. The average molecular weight is 327 g/mol. The molecule has 0 aliphatic carbocycles. The third kappa shape index (κ3) is 4.84. The van der Waals surface area contributed by atoms with Gasteiger partial charge in [0, 0.05) is 5.69 Å². The number of rotatable bonds is 5. The molecule has 0 aliphatic rings. The minimum Gasteiger partial charge on any atom is -0.469 e. The summed E-state index contributed by atoms with van der Waals surface area (Å²) in [6.45, 7) is 0. The fourth-order valence-electron chi connectivity index (χ4n) is 1.93. The Labute approximate surface area is 138 Å². The zero-order valence-electron chi connectivity index (χ0n) is 13.0. The number of carbonyl (C=O) groups excluding carboxylic acids is 2. The number of hydrogen-bond acceptors (Lipinski definition) is 5. The first-order chi connectivity index (χ1) is 11.5. The molecule has 0 bridgehead atoms. The van der Waals surface area contributed by atoms with E-state index in [-0.39, 0.29) is 18.3 Å². The number of carbonyl (C=O) groups is 2. The summed E-state index contributed by atoms with van der Waals surface area (Å²) in [5.74, 6) is -0.652. The lowest BCUT2D eigenvalue weighted by Crippen LogP contribution is -2.20. The Morgan fingerprint density at radius 1 is 1.08 bits per heavy atom. The van der Waals surface area contributed by atoms with Crippen LogP contribution in [-0.4, -0.2) is 25.0 Å². The lowest BCUT2D eigenvalue weighted by atomic mass is 10.1. The van der Waals surface area contributed by atoms with Gasteiger partial charge in [0.15, 0.2) is 5.96 Å². The minimum absolute atomic E-state index is 0.162. The number of guanidine groups is 1. The van der Waals surface area contributed by atoms with Gasteiger partial charge in [0.05, 0.1) is 19.1 Å². The number of nitrogens with two attached hydrogens (primary N) is 1. The number of nitrogens with one attached hydrogen (secondary N) is 2. The molecule has 0 saturated carbocycles. The molecule has 2 rings (SSSR count). The summed E-state index contributed by atoms with van der Waals surface area (Å²) in [7, 11) is 1.33. The van der Waals surface area contributed by atoms with Crippen LogP contribution >= 0.6 is 0 Å². The van der Waals surface area contributed by atoms with Crippen LogP contribution in [0.4, 0.5) is 5.69 Å². The predicted octanol–water partition coefficient (Wildman–Crippen LogP) is 1.93. The first-order valence-electron chi connectivity index (χ1n) is 7.07. The van der Waals surface area contributed by atoms with Gasteiger partial charge in [-0.15, -0.1) is 0 Å². The number of methoxy groups -OCH3 is 1. The van der Waals surface area contributed by atoms with Crippen LogP contribution in [0, 0.1) is 5.41 Å². The van der Waals surface area contributed by atoms with E-state index in [1.54, 1.807) is 48.5 Å². The van der Waals surface area contributed by atoms with Crippen molar-refractivity contribution < 1.29 is 19.1 Å². The molecule has 0 unspecified atom stereocenters. The molecule has 0 spiro atoms. The molecule has 0 amide bonds. The highest BCUT2D eigenvalue weighted by molar-refractivity contribution is 5.93. The highest BCUT2D eigenvalue weighted by Crippen LogP contribution is 2.16. The highest BCUT2D eigenvalue weighted by atomic mass is 16.5. The van der Waals surface area contributed by atoms with Gasteiger partial charge in [0.1, 0.15) is 5.75 Å². The quantitative estimate of drug-likeness (QED) is 0.334. The smallest absolute Gasteiger partial charge is 0.343 e. The second-order valence-corrected chi connectivity index (χ2v) is 4.90. The number of benzene rings is 2. The van der Waals surface area contributed by atoms with Crippen molar-refractivity contribution in [3.63, 3.8) is 0 Å². The van der Waals surface area contributed by atoms with Crippen LogP contribution in [0.15, 0.2) is 48.5 Å². The van der Waals surface area contributed by atoms with Crippen molar-refractivity contribution in [3.8, 4) is 5.75 Å². The molecule has 0 radical (unpaired) electrons. The Morgan fingerprint density at radius 3 is 2.25 bits per heavy atom. The van der Waals surface area contributed by atoms with Crippen LogP contribution in [0.3, 0.4) is 0 Å².